The lowest BCUT2D eigenvalue weighted by Gasteiger charge is -2.26. The Morgan fingerprint density at radius 1 is 1.43 bits per heavy atom. The fraction of sp³-hybridized carbons (Fsp3) is 0.455. The van der Waals surface area contributed by atoms with Gasteiger partial charge < -0.3 is 10.4 Å². The van der Waals surface area contributed by atoms with Crippen LogP contribution in [-0.4, -0.2) is 11.1 Å². The highest BCUT2D eigenvalue weighted by molar-refractivity contribution is 9.10. The molecule has 0 bridgehead atoms. The summed E-state index contributed by atoms with van der Waals surface area (Å²) in [6, 6.07) is 6.40. The van der Waals surface area contributed by atoms with Gasteiger partial charge in [-0.05, 0) is 46.5 Å². The first kappa shape index (κ1) is 9.99. The molecular weight excluding hydrogens is 242 g/mol. The van der Waals surface area contributed by atoms with E-state index in [1.807, 2.05) is 12.1 Å². The van der Waals surface area contributed by atoms with E-state index in [0.717, 1.165) is 16.6 Å². The molecule has 1 fully saturated rings. The van der Waals surface area contributed by atoms with Gasteiger partial charge in [0, 0.05) is 12.6 Å². The second kappa shape index (κ2) is 4.32. The Morgan fingerprint density at radius 2 is 2.21 bits per heavy atom. The smallest absolute Gasteiger partial charge is 0.130 e. The molecule has 0 aromatic heterocycles. The third-order valence-corrected chi connectivity index (χ3v) is 3.38. The Hall–Kier alpha value is -0.540. The molecule has 0 unspecified atom stereocenters. The zero-order valence-corrected chi connectivity index (χ0v) is 9.55. The summed E-state index contributed by atoms with van der Waals surface area (Å²) in [4.78, 5) is 0. The molecule has 1 aliphatic carbocycles. The molecular formula is C11H14BrNO. The Balaban J connectivity index is 1.91. The lowest BCUT2D eigenvalue weighted by molar-refractivity contribution is 0.338. The van der Waals surface area contributed by atoms with E-state index in [9.17, 15) is 5.11 Å². The minimum atomic E-state index is 0.318. The van der Waals surface area contributed by atoms with Gasteiger partial charge >= 0.3 is 0 Å². The average Bonchev–Trinajstić information content (AvgIpc) is 2.08. The van der Waals surface area contributed by atoms with Crippen molar-refractivity contribution in [3.05, 3.63) is 28.2 Å². The van der Waals surface area contributed by atoms with Crippen molar-refractivity contribution < 1.29 is 5.11 Å². The number of hydrogen-bond acceptors (Lipinski definition) is 2. The first-order chi connectivity index (χ1) is 6.75. The van der Waals surface area contributed by atoms with Crippen molar-refractivity contribution in [2.75, 3.05) is 0 Å². The summed E-state index contributed by atoms with van der Waals surface area (Å²) in [5, 5.41) is 12.9. The van der Waals surface area contributed by atoms with Gasteiger partial charge in [-0.25, -0.2) is 0 Å². The van der Waals surface area contributed by atoms with E-state index >= 15 is 0 Å². The van der Waals surface area contributed by atoms with Gasteiger partial charge in [-0.3, -0.25) is 0 Å². The maximum atomic E-state index is 9.46. The molecule has 14 heavy (non-hydrogen) atoms. The molecule has 0 atom stereocenters. The summed E-state index contributed by atoms with van der Waals surface area (Å²) in [5.74, 6) is 0.318. The highest BCUT2D eigenvalue weighted by Gasteiger charge is 2.16. The molecule has 1 saturated carbocycles. The van der Waals surface area contributed by atoms with Crippen molar-refractivity contribution in [3.63, 3.8) is 0 Å². The lowest BCUT2D eigenvalue weighted by Crippen LogP contribution is -2.34. The van der Waals surface area contributed by atoms with Crippen molar-refractivity contribution in [1.82, 2.24) is 5.32 Å². The maximum Gasteiger partial charge on any atom is 0.130 e. The predicted molar refractivity (Wildman–Crippen MR) is 60.3 cm³/mol. The lowest BCUT2D eigenvalue weighted by atomic mass is 9.93. The molecule has 76 valence electrons. The number of halogens is 1. The monoisotopic (exact) mass is 255 g/mol. The van der Waals surface area contributed by atoms with Gasteiger partial charge in [0.15, 0.2) is 0 Å². The van der Waals surface area contributed by atoms with Crippen molar-refractivity contribution >= 4 is 15.9 Å². The second-order valence-corrected chi connectivity index (χ2v) is 4.65. The van der Waals surface area contributed by atoms with Gasteiger partial charge in [0.2, 0.25) is 0 Å². The van der Waals surface area contributed by atoms with Gasteiger partial charge in [-0.15, -0.1) is 0 Å². The molecule has 2 nitrogen and oxygen atoms in total. The van der Waals surface area contributed by atoms with Crippen LogP contribution in [0.25, 0.3) is 0 Å². The molecule has 0 amide bonds. The van der Waals surface area contributed by atoms with Crippen LogP contribution in [0, 0.1) is 0 Å². The first-order valence-electron chi connectivity index (χ1n) is 4.96. The number of aromatic hydroxyl groups is 1. The molecule has 1 aromatic rings. The van der Waals surface area contributed by atoms with Crippen LogP contribution in [0.15, 0.2) is 22.7 Å². The molecule has 0 heterocycles. The summed E-state index contributed by atoms with van der Waals surface area (Å²) in [6.07, 6.45) is 3.94. The molecule has 0 aliphatic heterocycles. The highest BCUT2D eigenvalue weighted by atomic mass is 79.9. The Morgan fingerprint density at radius 3 is 2.79 bits per heavy atom. The fourth-order valence-electron chi connectivity index (χ4n) is 1.54. The maximum absolute atomic E-state index is 9.46. The van der Waals surface area contributed by atoms with E-state index in [1.54, 1.807) is 6.07 Å². The SMILES string of the molecule is Oc1cc(CNC2CCC2)ccc1Br. The second-order valence-electron chi connectivity index (χ2n) is 3.79. The van der Waals surface area contributed by atoms with Crippen molar-refractivity contribution in [1.29, 1.82) is 0 Å². The number of hydrogen-bond donors (Lipinski definition) is 2. The summed E-state index contributed by atoms with van der Waals surface area (Å²) >= 11 is 3.26. The fourth-order valence-corrected chi connectivity index (χ4v) is 1.79. The number of nitrogens with one attached hydrogen (secondary N) is 1. The minimum Gasteiger partial charge on any atom is -0.507 e. The Kier molecular flexibility index (Phi) is 3.08. The molecule has 0 spiro atoms. The van der Waals surface area contributed by atoms with Gasteiger partial charge in [-0.1, -0.05) is 12.5 Å². The third kappa shape index (κ3) is 2.28. The summed E-state index contributed by atoms with van der Waals surface area (Å²) < 4.78 is 0.755. The van der Waals surface area contributed by atoms with Gasteiger partial charge in [0.05, 0.1) is 4.47 Å². The van der Waals surface area contributed by atoms with Crippen LogP contribution < -0.4 is 5.32 Å². The number of phenols is 1. The standard InChI is InChI=1S/C11H14BrNO/c12-10-5-4-8(6-11(10)14)7-13-9-2-1-3-9/h4-6,9,13-14H,1-3,7H2. The zero-order chi connectivity index (χ0) is 9.97. The average molecular weight is 256 g/mol. The van der Waals surface area contributed by atoms with Crippen LogP contribution in [-0.2, 0) is 6.54 Å². The number of phenolic OH excluding ortho intramolecular Hbond substituents is 1. The molecule has 1 aromatic carbocycles. The van der Waals surface area contributed by atoms with E-state index in [2.05, 4.69) is 21.2 Å². The van der Waals surface area contributed by atoms with E-state index < -0.39 is 0 Å². The third-order valence-electron chi connectivity index (χ3n) is 2.71. The van der Waals surface area contributed by atoms with Crippen molar-refractivity contribution in [3.8, 4) is 5.75 Å². The summed E-state index contributed by atoms with van der Waals surface area (Å²) in [5.41, 5.74) is 1.14. The van der Waals surface area contributed by atoms with Crippen LogP contribution in [0.3, 0.4) is 0 Å². The highest BCUT2D eigenvalue weighted by Crippen LogP contribution is 2.25. The number of rotatable bonds is 3. The van der Waals surface area contributed by atoms with E-state index in [0.29, 0.717) is 11.8 Å². The van der Waals surface area contributed by atoms with Gasteiger partial charge in [0.1, 0.15) is 5.75 Å². The quantitative estimate of drug-likeness (QED) is 0.871. The molecule has 3 heteroatoms. The predicted octanol–water partition coefficient (Wildman–Crippen LogP) is 2.80. The summed E-state index contributed by atoms with van der Waals surface area (Å²) in [6.45, 7) is 0.853. The van der Waals surface area contributed by atoms with Crippen LogP contribution in [0.2, 0.25) is 0 Å². The molecule has 0 radical (unpaired) electrons. The van der Waals surface area contributed by atoms with Crippen LogP contribution in [0.1, 0.15) is 24.8 Å². The molecule has 2 N–H and O–H groups in total. The topological polar surface area (TPSA) is 32.3 Å². The van der Waals surface area contributed by atoms with Gasteiger partial charge in [0.25, 0.3) is 0 Å². The normalized spacial score (nSPS) is 16.6. The van der Waals surface area contributed by atoms with Gasteiger partial charge in [-0.2, -0.15) is 0 Å². The Bertz CT molecular complexity index is 323. The minimum absolute atomic E-state index is 0.318. The summed E-state index contributed by atoms with van der Waals surface area (Å²) in [7, 11) is 0. The van der Waals surface area contributed by atoms with E-state index in [-0.39, 0.29) is 0 Å². The van der Waals surface area contributed by atoms with Crippen molar-refractivity contribution in [2.45, 2.75) is 31.8 Å². The van der Waals surface area contributed by atoms with E-state index in [1.165, 1.54) is 19.3 Å². The van der Waals surface area contributed by atoms with E-state index in [4.69, 9.17) is 0 Å². The molecule has 0 saturated heterocycles. The Labute approximate surface area is 92.5 Å². The molecule has 2 rings (SSSR count). The number of benzene rings is 1. The largest absolute Gasteiger partial charge is 0.507 e. The van der Waals surface area contributed by atoms with Crippen LogP contribution in [0.4, 0.5) is 0 Å². The van der Waals surface area contributed by atoms with Crippen LogP contribution in [0.5, 0.6) is 5.75 Å². The van der Waals surface area contributed by atoms with Crippen molar-refractivity contribution in [2.24, 2.45) is 0 Å². The first-order valence-corrected chi connectivity index (χ1v) is 5.76. The van der Waals surface area contributed by atoms with Crippen LogP contribution >= 0.6 is 15.9 Å². The molecule has 1 aliphatic rings. The zero-order valence-electron chi connectivity index (χ0n) is 7.96.